The summed E-state index contributed by atoms with van der Waals surface area (Å²) >= 11 is 0. The van der Waals surface area contributed by atoms with Crippen LogP contribution in [0, 0.1) is 0 Å². The number of nitrogens with one attached hydrogen (secondary N) is 2. The van der Waals surface area contributed by atoms with Gasteiger partial charge in [-0.2, -0.15) is 0 Å². The van der Waals surface area contributed by atoms with Gasteiger partial charge in [-0.05, 0) is 12.8 Å². The Morgan fingerprint density at radius 1 is 1.18 bits per heavy atom. The highest BCUT2D eigenvalue weighted by atomic mass is 16.1. The van der Waals surface area contributed by atoms with Crippen LogP contribution in [-0.4, -0.2) is 17.9 Å². The van der Waals surface area contributed by atoms with Crippen molar-refractivity contribution in [3.05, 3.63) is 0 Å². The normalized spacial score (nSPS) is 29.6. The van der Waals surface area contributed by atoms with Crippen molar-refractivity contribution in [3.8, 4) is 0 Å². The van der Waals surface area contributed by atoms with Crippen LogP contribution in [0.25, 0.3) is 0 Å². The third-order valence-corrected chi connectivity index (χ3v) is 2.82. The van der Waals surface area contributed by atoms with Crippen molar-refractivity contribution in [2.24, 2.45) is 0 Å². The number of carbonyl (C=O) groups excluding carboxylic acids is 1. The van der Waals surface area contributed by atoms with Crippen LogP contribution in [0.5, 0.6) is 0 Å². The molecule has 0 atom stereocenters. The minimum absolute atomic E-state index is 0.168. The van der Waals surface area contributed by atoms with E-state index in [0.29, 0.717) is 12.3 Å². The Bertz CT molecular complexity index is 173. The van der Waals surface area contributed by atoms with Gasteiger partial charge in [-0.25, -0.2) is 10.9 Å². The fourth-order valence-electron chi connectivity index (χ4n) is 2.09. The molecular formula is C8H14N2O. The second-order valence-corrected chi connectivity index (χ2v) is 3.54. The topological polar surface area (TPSA) is 41.1 Å². The van der Waals surface area contributed by atoms with Crippen molar-refractivity contribution in [2.75, 3.05) is 6.54 Å². The van der Waals surface area contributed by atoms with Crippen LogP contribution in [0.4, 0.5) is 0 Å². The molecule has 0 radical (unpaired) electrons. The number of rotatable bonds is 0. The molecule has 2 fully saturated rings. The van der Waals surface area contributed by atoms with Crippen molar-refractivity contribution in [1.29, 1.82) is 0 Å². The maximum absolute atomic E-state index is 11.4. The predicted octanol–water partition coefficient (Wildman–Crippen LogP) is 0.366. The van der Waals surface area contributed by atoms with E-state index in [4.69, 9.17) is 0 Å². The number of carbonyl (C=O) groups is 1. The molecule has 1 spiro atoms. The first-order valence-corrected chi connectivity index (χ1v) is 4.37. The first-order chi connectivity index (χ1) is 5.33. The summed E-state index contributed by atoms with van der Waals surface area (Å²) in [5, 5.41) is 0. The van der Waals surface area contributed by atoms with Gasteiger partial charge in [0.15, 0.2) is 5.78 Å². The molecule has 1 saturated heterocycles. The van der Waals surface area contributed by atoms with Gasteiger partial charge in [0.1, 0.15) is 0 Å². The van der Waals surface area contributed by atoms with Gasteiger partial charge < -0.3 is 0 Å². The van der Waals surface area contributed by atoms with Gasteiger partial charge in [0.05, 0.1) is 12.1 Å². The van der Waals surface area contributed by atoms with Crippen LogP contribution in [0.1, 0.15) is 32.1 Å². The maximum atomic E-state index is 11.4. The molecule has 2 rings (SSSR count). The van der Waals surface area contributed by atoms with Gasteiger partial charge in [-0.3, -0.25) is 4.79 Å². The zero-order valence-corrected chi connectivity index (χ0v) is 6.65. The minimum atomic E-state index is -0.168. The lowest BCUT2D eigenvalue weighted by molar-refractivity contribution is -0.122. The van der Waals surface area contributed by atoms with Gasteiger partial charge in [0.2, 0.25) is 0 Å². The van der Waals surface area contributed by atoms with E-state index in [9.17, 15) is 4.79 Å². The number of Topliss-reactive ketones (excluding diaryl/α,β-unsaturated/α-hetero) is 1. The van der Waals surface area contributed by atoms with Crippen molar-refractivity contribution in [3.63, 3.8) is 0 Å². The molecule has 0 aromatic heterocycles. The third-order valence-electron chi connectivity index (χ3n) is 2.82. The Labute approximate surface area is 66.5 Å². The van der Waals surface area contributed by atoms with Gasteiger partial charge in [-0.1, -0.05) is 19.3 Å². The SMILES string of the molecule is O=C1CNNC12CCCCC2. The molecule has 0 unspecified atom stereocenters. The number of hydrazine groups is 1. The molecule has 3 nitrogen and oxygen atoms in total. The highest BCUT2D eigenvalue weighted by Crippen LogP contribution is 2.29. The van der Waals surface area contributed by atoms with Crippen molar-refractivity contribution in [1.82, 2.24) is 10.9 Å². The Balaban J connectivity index is 2.12. The zero-order valence-electron chi connectivity index (χ0n) is 6.65. The molecule has 1 heterocycles. The van der Waals surface area contributed by atoms with Crippen LogP contribution >= 0.6 is 0 Å². The molecule has 2 N–H and O–H groups in total. The van der Waals surface area contributed by atoms with E-state index in [0.717, 1.165) is 12.8 Å². The van der Waals surface area contributed by atoms with Crippen LogP contribution in [0.3, 0.4) is 0 Å². The van der Waals surface area contributed by atoms with E-state index in [1.54, 1.807) is 0 Å². The second-order valence-electron chi connectivity index (χ2n) is 3.54. The summed E-state index contributed by atoms with van der Waals surface area (Å²) in [4.78, 5) is 11.4. The van der Waals surface area contributed by atoms with E-state index >= 15 is 0 Å². The van der Waals surface area contributed by atoms with E-state index < -0.39 is 0 Å². The summed E-state index contributed by atoms with van der Waals surface area (Å²) in [6.45, 7) is 0.514. The summed E-state index contributed by atoms with van der Waals surface area (Å²) in [6, 6.07) is 0. The van der Waals surface area contributed by atoms with Crippen molar-refractivity contribution < 1.29 is 4.79 Å². The Kier molecular flexibility index (Phi) is 1.69. The first kappa shape index (κ1) is 7.25. The average Bonchev–Trinajstić information content (AvgIpc) is 2.36. The number of hydrogen-bond acceptors (Lipinski definition) is 3. The van der Waals surface area contributed by atoms with Crippen LogP contribution < -0.4 is 10.9 Å². The van der Waals surface area contributed by atoms with Gasteiger partial charge in [-0.15, -0.1) is 0 Å². The molecule has 3 heteroatoms. The Morgan fingerprint density at radius 2 is 1.91 bits per heavy atom. The highest BCUT2D eigenvalue weighted by Gasteiger charge is 2.42. The molecule has 0 aromatic carbocycles. The zero-order chi connectivity index (χ0) is 7.73. The Morgan fingerprint density at radius 3 is 2.45 bits per heavy atom. The summed E-state index contributed by atoms with van der Waals surface area (Å²) in [5.74, 6) is 0.359. The molecule has 1 saturated carbocycles. The monoisotopic (exact) mass is 154 g/mol. The van der Waals surface area contributed by atoms with E-state index in [1.807, 2.05) is 0 Å². The number of ketones is 1. The second kappa shape index (κ2) is 2.57. The quantitative estimate of drug-likeness (QED) is 0.529. The fraction of sp³-hybridized carbons (Fsp3) is 0.875. The third kappa shape index (κ3) is 1.08. The van der Waals surface area contributed by atoms with Crippen LogP contribution in [-0.2, 0) is 4.79 Å². The summed E-state index contributed by atoms with van der Waals surface area (Å²) in [7, 11) is 0. The summed E-state index contributed by atoms with van der Waals surface area (Å²) in [6.07, 6.45) is 5.73. The van der Waals surface area contributed by atoms with Gasteiger partial charge in [0, 0.05) is 0 Å². The largest absolute Gasteiger partial charge is 0.296 e. The molecule has 0 bridgehead atoms. The molecule has 0 aromatic rings. The van der Waals surface area contributed by atoms with E-state index in [-0.39, 0.29) is 5.54 Å². The molecule has 1 aliphatic heterocycles. The van der Waals surface area contributed by atoms with Gasteiger partial charge in [0.25, 0.3) is 0 Å². The fourth-order valence-corrected chi connectivity index (χ4v) is 2.09. The average molecular weight is 154 g/mol. The molecule has 0 amide bonds. The predicted molar refractivity (Wildman–Crippen MR) is 42.0 cm³/mol. The lowest BCUT2D eigenvalue weighted by Crippen LogP contribution is -2.49. The first-order valence-electron chi connectivity index (χ1n) is 4.37. The lowest BCUT2D eigenvalue weighted by Gasteiger charge is -2.30. The molecule has 2 aliphatic rings. The van der Waals surface area contributed by atoms with Crippen LogP contribution in [0.15, 0.2) is 0 Å². The van der Waals surface area contributed by atoms with E-state index in [2.05, 4.69) is 10.9 Å². The standard InChI is InChI=1S/C8H14N2O/c11-7-6-9-10-8(7)4-2-1-3-5-8/h9-10H,1-6H2. The molecule has 62 valence electrons. The highest BCUT2D eigenvalue weighted by molar-refractivity contribution is 5.91. The smallest absolute Gasteiger partial charge is 0.169 e. The minimum Gasteiger partial charge on any atom is -0.296 e. The molecule has 11 heavy (non-hydrogen) atoms. The maximum Gasteiger partial charge on any atom is 0.169 e. The Hall–Kier alpha value is -0.410. The lowest BCUT2D eigenvalue weighted by atomic mass is 9.80. The summed E-state index contributed by atoms with van der Waals surface area (Å²) in [5.41, 5.74) is 5.89. The van der Waals surface area contributed by atoms with Crippen LogP contribution in [0.2, 0.25) is 0 Å². The van der Waals surface area contributed by atoms with Crippen molar-refractivity contribution >= 4 is 5.78 Å². The molecular weight excluding hydrogens is 140 g/mol. The molecule has 1 aliphatic carbocycles. The van der Waals surface area contributed by atoms with Gasteiger partial charge >= 0.3 is 0 Å². The van der Waals surface area contributed by atoms with E-state index in [1.165, 1.54) is 19.3 Å². The van der Waals surface area contributed by atoms with Crippen molar-refractivity contribution in [2.45, 2.75) is 37.6 Å². The summed E-state index contributed by atoms with van der Waals surface area (Å²) < 4.78 is 0. The number of hydrogen-bond donors (Lipinski definition) is 2.